The number of anilines is 2. The number of carbonyl (C=O) groups is 2. The number of rotatable bonds is 5. The molecule has 2 heterocycles. The summed E-state index contributed by atoms with van der Waals surface area (Å²) in [4.78, 5) is 31.9. The fourth-order valence-electron chi connectivity index (χ4n) is 5.26. The van der Waals surface area contributed by atoms with Crippen molar-refractivity contribution in [1.29, 1.82) is 0 Å². The third-order valence-corrected chi connectivity index (χ3v) is 7.38. The van der Waals surface area contributed by atoms with Gasteiger partial charge in [-0.2, -0.15) is 0 Å². The molecule has 0 saturated heterocycles. The molecule has 5 nitrogen and oxygen atoms in total. The van der Waals surface area contributed by atoms with Crippen molar-refractivity contribution in [2.75, 3.05) is 16.8 Å². The first-order valence-corrected chi connectivity index (χ1v) is 12.4. The lowest BCUT2D eigenvalue weighted by Gasteiger charge is -2.45. The summed E-state index contributed by atoms with van der Waals surface area (Å²) in [6.45, 7) is 0.686. The molecule has 6 rings (SSSR count). The molecule has 4 aromatic carbocycles. The van der Waals surface area contributed by atoms with Crippen LogP contribution in [0.5, 0.6) is 0 Å². The number of amides is 2. The van der Waals surface area contributed by atoms with Crippen LogP contribution in [-0.2, 0) is 23.4 Å². The molecule has 0 aromatic heterocycles. The van der Waals surface area contributed by atoms with Gasteiger partial charge < -0.3 is 15.1 Å². The number of nitrogens with one attached hydrogen (secondary N) is 1. The first kappa shape index (κ1) is 22.4. The quantitative estimate of drug-likeness (QED) is 0.379. The van der Waals surface area contributed by atoms with Crippen LogP contribution in [0.1, 0.15) is 27.0 Å². The van der Waals surface area contributed by atoms with Crippen molar-refractivity contribution in [3.8, 4) is 0 Å². The fourth-order valence-corrected chi connectivity index (χ4v) is 5.46. The Kier molecular flexibility index (Phi) is 5.50. The van der Waals surface area contributed by atoms with E-state index in [0.29, 0.717) is 35.8 Å². The zero-order chi connectivity index (χ0) is 24.7. The van der Waals surface area contributed by atoms with E-state index in [1.165, 1.54) is 0 Å². The minimum atomic E-state index is -1.35. The van der Waals surface area contributed by atoms with Gasteiger partial charge in [0.05, 0.1) is 17.8 Å². The summed E-state index contributed by atoms with van der Waals surface area (Å²) in [5, 5.41) is 4.11. The van der Waals surface area contributed by atoms with E-state index in [0.717, 1.165) is 22.4 Å². The molecule has 0 saturated carbocycles. The first-order valence-electron chi connectivity index (χ1n) is 12.0. The molecule has 2 aliphatic rings. The molecular weight excluding hydrogens is 470 g/mol. The second-order valence-electron chi connectivity index (χ2n) is 9.07. The molecule has 1 unspecified atom stereocenters. The van der Waals surface area contributed by atoms with Gasteiger partial charge in [-0.1, -0.05) is 90.5 Å². The molecule has 1 N–H and O–H groups in total. The lowest BCUT2D eigenvalue weighted by molar-refractivity contribution is -0.127. The Morgan fingerprint density at radius 2 is 1.47 bits per heavy atom. The predicted octanol–water partition coefficient (Wildman–Crippen LogP) is 5.85. The van der Waals surface area contributed by atoms with E-state index >= 15 is 0 Å². The van der Waals surface area contributed by atoms with Crippen molar-refractivity contribution in [3.05, 3.63) is 130 Å². The van der Waals surface area contributed by atoms with E-state index in [4.69, 9.17) is 11.6 Å². The van der Waals surface area contributed by atoms with Crippen molar-refractivity contribution in [1.82, 2.24) is 4.90 Å². The van der Waals surface area contributed by atoms with Crippen molar-refractivity contribution in [3.63, 3.8) is 0 Å². The van der Waals surface area contributed by atoms with Crippen LogP contribution in [0, 0.1) is 0 Å². The summed E-state index contributed by atoms with van der Waals surface area (Å²) in [5.41, 5.74) is 3.35. The number of carbonyl (C=O) groups excluding carboxylic acids is 2. The molecule has 1 spiro atoms. The Labute approximate surface area is 214 Å². The van der Waals surface area contributed by atoms with Gasteiger partial charge in [-0.3, -0.25) is 9.59 Å². The average molecular weight is 494 g/mol. The van der Waals surface area contributed by atoms with E-state index in [1.807, 2.05) is 97.1 Å². The van der Waals surface area contributed by atoms with Gasteiger partial charge in [0.25, 0.3) is 11.8 Å². The normalized spacial score (nSPS) is 18.2. The number of para-hydroxylation sites is 2. The first-order chi connectivity index (χ1) is 17.6. The lowest BCUT2D eigenvalue weighted by atomic mass is 9.92. The third kappa shape index (κ3) is 3.47. The standard InChI is InChI=1S/C30H24ClN3O2/c31-25-15-7-4-12-22(25)20-33-27-17-9-6-14-24(27)30(29(33)36)32-26-16-8-5-13-23(26)28(35)34(30)19-18-21-10-2-1-3-11-21/h1-17,32H,18-20H2. The van der Waals surface area contributed by atoms with Crippen LogP contribution < -0.4 is 10.2 Å². The van der Waals surface area contributed by atoms with Gasteiger partial charge >= 0.3 is 0 Å². The smallest absolute Gasteiger partial charge is 0.279 e. The van der Waals surface area contributed by atoms with Crippen LogP contribution >= 0.6 is 11.6 Å². The Balaban J connectivity index is 1.48. The second-order valence-corrected chi connectivity index (χ2v) is 9.48. The van der Waals surface area contributed by atoms with Gasteiger partial charge in [0.1, 0.15) is 0 Å². The average Bonchev–Trinajstić information content (AvgIpc) is 3.13. The van der Waals surface area contributed by atoms with Crippen LogP contribution in [0.25, 0.3) is 0 Å². The van der Waals surface area contributed by atoms with Crippen molar-refractivity contribution < 1.29 is 9.59 Å². The summed E-state index contributed by atoms with van der Waals surface area (Å²) >= 11 is 6.47. The van der Waals surface area contributed by atoms with Crippen LogP contribution in [0.15, 0.2) is 103 Å². The van der Waals surface area contributed by atoms with Gasteiger partial charge in [-0.05, 0) is 41.8 Å². The van der Waals surface area contributed by atoms with Crippen LogP contribution in [0.3, 0.4) is 0 Å². The largest absolute Gasteiger partial charge is 0.350 e. The highest BCUT2D eigenvalue weighted by molar-refractivity contribution is 6.31. The Morgan fingerprint density at radius 1 is 0.778 bits per heavy atom. The molecule has 4 aromatic rings. The fraction of sp³-hybridized carbons (Fsp3) is 0.133. The van der Waals surface area contributed by atoms with Gasteiger partial charge in [0, 0.05) is 22.8 Å². The highest BCUT2D eigenvalue weighted by Crippen LogP contribution is 2.48. The van der Waals surface area contributed by atoms with Gasteiger partial charge in [-0.25, -0.2) is 0 Å². The maximum atomic E-state index is 14.5. The van der Waals surface area contributed by atoms with Gasteiger partial charge in [0.2, 0.25) is 5.66 Å². The number of hydrogen-bond donors (Lipinski definition) is 1. The Bertz CT molecular complexity index is 1470. The molecule has 36 heavy (non-hydrogen) atoms. The molecule has 0 radical (unpaired) electrons. The molecule has 0 aliphatic carbocycles. The summed E-state index contributed by atoms with van der Waals surface area (Å²) in [6, 6.07) is 32.6. The van der Waals surface area contributed by atoms with Crippen molar-refractivity contribution >= 4 is 34.8 Å². The molecule has 6 heteroatoms. The molecule has 0 fully saturated rings. The number of benzene rings is 4. The molecule has 2 amide bonds. The SMILES string of the molecule is O=C1c2ccccc2NC2(C(=O)N(Cc3ccccc3Cl)c3ccccc32)N1CCc1ccccc1. The zero-order valence-corrected chi connectivity index (χ0v) is 20.3. The Morgan fingerprint density at radius 3 is 2.31 bits per heavy atom. The second kappa shape index (κ2) is 8.85. The van der Waals surface area contributed by atoms with Crippen LogP contribution in [0.2, 0.25) is 5.02 Å². The summed E-state index contributed by atoms with van der Waals surface area (Å²) in [5.74, 6) is -0.359. The van der Waals surface area contributed by atoms with Gasteiger partial charge in [-0.15, -0.1) is 0 Å². The van der Waals surface area contributed by atoms with Crippen molar-refractivity contribution in [2.24, 2.45) is 0 Å². The predicted molar refractivity (Wildman–Crippen MR) is 142 cm³/mol. The van der Waals surface area contributed by atoms with E-state index in [2.05, 4.69) is 5.32 Å². The highest BCUT2D eigenvalue weighted by atomic mass is 35.5. The monoisotopic (exact) mass is 493 g/mol. The molecule has 2 aliphatic heterocycles. The molecule has 0 bridgehead atoms. The van der Waals surface area contributed by atoms with Crippen LogP contribution in [0.4, 0.5) is 11.4 Å². The van der Waals surface area contributed by atoms with E-state index in [-0.39, 0.29) is 11.8 Å². The van der Waals surface area contributed by atoms with Crippen molar-refractivity contribution in [2.45, 2.75) is 18.6 Å². The number of hydrogen-bond acceptors (Lipinski definition) is 3. The molecule has 1 atom stereocenters. The highest BCUT2D eigenvalue weighted by Gasteiger charge is 2.58. The Hall–Kier alpha value is -4.09. The third-order valence-electron chi connectivity index (χ3n) is 7.02. The maximum Gasteiger partial charge on any atom is 0.279 e. The number of fused-ring (bicyclic) bond motifs is 3. The van der Waals surface area contributed by atoms with E-state index in [1.54, 1.807) is 15.9 Å². The minimum absolute atomic E-state index is 0.164. The summed E-state index contributed by atoms with van der Waals surface area (Å²) in [7, 11) is 0. The topological polar surface area (TPSA) is 52.7 Å². The number of halogens is 1. The van der Waals surface area contributed by atoms with E-state index < -0.39 is 5.66 Å². The zero-order valence-electron chi connectivity index (χ0n) is 19.5. The van der Waals surface area contributed by atoms with Gasteiger partial charge in [0.15, 0.2) is 0 Å². The maximum absolute atomic E-state index is 14.5. The minimum Gasteiger partial charge on any atom is -0.350 e. The molecule has 178 valence electrons. The van der Waals surface area contributed by atoms with Crippen LogP contribution in [-0.4, -0.2) is 23.3 Å². The summed E-state index contributed by atoms with van der Waals surface area (Å²) < 4.78 is 0. The number of nitrogens with zero attached hydrogens (tertiary/aromatic N) is 2. The lowest BCUT2D eigenvalue weighted by Crippen LogP contribution is -2.62. The molecular formula is C30H24ClN3O2. The van der Waals surface area contributed by atoms with E-state index in [9.17, 15) is 9.59 Å². The summed E-state index contributed by atoms with van der Waals surface area (Å²) in [6.07, 6.45) is 0.623.